The highest BCUT2D eigenvalue weighted by molar-refractivity contribution is 7.16. The molecule has 1 saturated heterocycles. The van der Waals surface area contributed by atoms with E-state index in [-0.39, 0.29) is 12.5 Å². The molecule has 1 N–H and O–H groups in total. The van der Waals surface area contributed by atoms with Gasteiger partial charge in [-0.1, -0.05) is 0 Å². The van der Waals surface area contributed by atoms with E-state index >= 15 is 0 Å². The molecule has 8 heteroatoms. The number of hydrogen-bond acceptors (Lipinski definition) is 6. The minimum Gasteiger partial charge on any atom is -0.481 e. The normalized spacial score (nSPS) is 18.2. The van der Waals surface area contributed by atoms with E-state index < -0.39 is 11.9 Å². The summed E-state index contributed by atoms with van der Waals surface area (Å²) in [5.74, 6) is -1.03. The Labute approximate surface area is 130 Å². The molecule has 0 unspecified atom stereocenters. The van der Waals surface area contributed by atoms with Crippen molar-refractivity contribution in [2.45, 2.75) is 12.8 Å². The van der Waals surface area contributed by atoms with Crippen molar-refractivity contribution in [2.75, 3.05) is 13.1 Å². The number of thiazole rings is 1. The van der Waals surface area contributed by atoms with Gasteiger partial charge < -0.3 is 10.0 Å². The molecule has 0 spiro atoms. The van der Waals surface area contributed by atoms with Crippen LogP contribution in [0.4, 0.5) is 0 Å². The highest BCUT2D eigenvalue weighted by atomic mass is 32.1. The first kappa shape index (κ1) is 14.6. The standard InChI is InChI=1S/C14H14N4O3S/c19-13(18-6-1-3-9(8-18)14(20)21)10-7-17-12(22-10)11-15-4-2-5-16-11/h2,4-5,7,9H,1,3,6,8H2,(H,20,21)/t9-/m0/s1. The summed E-state index contributed by atoms with van der Waals surface area (Å²) in [5, 5.41) is 9.68. The van der Waals surface area contributed by atoms with E-state index in [4.69, 9.17) is 5.11 Å². The van der Waals surface area contributed by atoms with E-state index in [2.05, 4.69) is 15.0 Å². The Morgan fingerprint density at radius 2 is 2.05 bits per heavy atom. The van der Waals surface area contributed by atoms with Gasteiger partial charge in [-0.2, -0.15) is 0 Å². The Balaban J connectivity index is 1.76. The number of aliphatic carboxylic acids is 1. The molecular formula is C14H14N4O3S. The van der Waals surface area contributed by atoms with Gasteiger partial charge in [-0.05, 0) is 18.9 Å². The van der Waals surface area contributed by atoms with Gasteiger partial charge in [0.1, 0.15) is 4.88 Å². The largest absolute Gasteiger partial charge is 0.481 e. The molecule has 0 aromatic carbocycles. The van der Waals surface area contributed by atoms with Gasteiger partial charge in [0.15, 0.2) is 10.8 Å². The summed E-state index contributed by atoms with van der Waals surface area (Å²) >= 11 is 1.22. The Hall–Kier alpha value is -2.35. The topological polar surface area (TPSA) is 96.3 Å². The van der Waals surface area contributed by atoms with Crippen LogP contribution >= 0.6 is 11.3 Å². The average molecular weight is 318 g/mol. The molecule has 3 heterocycles. The number of nitrogens with zero attached hydrogens (tertiary/aromatic N) is 4. The SMILES string of the molecule is O=C(O)[C@H]1CCCN(C(=O)c2cnc(-c3ncccn3)s2)C1. The lowest BCUT2D eigenvalue weighted by Crippen LogP contribution is -2.42. The maximum atomic E-state index is 12.5. The molecule has 1 fully saturated rings. The summed E-state index contributed by atoms with van der Waals surface area (Å²) in [4.78, 5) is 38.0. The lowest BCUT2D eigenvalue weighted by atomic mass is 9.98. The van der Waals surface area contributed by atoms with Gasteiger partial charge in [-0.25, -0.2) is 15.0 Å². The van der Waals surface area contributed by atoms with Crippen molar-refractivity contribution in [1.82, 2.24) is 19.9 Å². The molecule has 2 aromatic heterocycles. The van der Waals surface area contributed by atoms with Crippen LogP contribution in [0.15, 0.2) is 24.7 Å². The summed E-state index contributed by atoms with van der Waals surface area (Å²) in [6.07, 6.45) is 6.06. The number of carboxylic acid groups (broad SMARTS) is 1. The van der Waals surface area contributed by atoms with Gasteiger partial charge in [0, 0.05) is 25.5 Å². The molecule has 0 saturated carbocycles. The second-order valence-electron chi connectivity index (χ2n) is 5.03. The molecule has 1 amide bonds. The van der Waals surface area contributed by atoms with Crippen LogP contribution < -0.4 is 0 Å². The van der Waals surface area contributed by atoms with Gasteiger partial charge >= 0.3 is 5.97 Å². The van der Waals surface area contributed by atoms with Crippen molar-refractivity contribution in [2.24, 2.45) is 5.92 Å². The van der Waals surface area contributed by atoms with Crippen LogP contribution in [0.1, 0.15) is 22.5 Å². The first-order valence-electron chi connectivity index (χ1n) is 6.90. The molecular weight excluding hydrogens is 304 g/mol. The molecule has 0 aliphatic carbocycles. The summed E-state index contributed by atoms with van der Waals surface area (Å²) in [7, 11) is 0. The molecule has 1 aliphatic heterocycles. The predicted octanol–water partition coefficient (Wildman–Crippen LogP) is 1.54. The minimum absolute atomic E-state index is 0.175. The van der Waals surface area contributed by atoms with E-state index in [1.165, 1.54) is 17.5 Å². The third-order valence-corrected chi connectivity index (χ3v) is 4.51. The molecule has 114 valence electrons. The summed E-state index contributed by atoms with van der Waals surface area (Å²) < 4.78 is 0. The lowest BCUT2D eigenvalue weighted by molar-refractivity contribution is -0.143. The van der Waals surface area contributed by atoms with E-state index in [1.807, 2.05) is 0 Å². The smallest absolute Gasteiger partial charge is 0.308 e. The molecule has 1 aliphatic rings. The average Bonchev–Trinajstić information content (AvgIpc) is 3.05. The fraction of sp³-hybridized carbons (Fsp3) is 0.357. The van der Waals surface area contributed by atoms with Crippen LogP contribution in [0, 0.1) is 5.92 Å². The number of likely N-dealkylation sites (tertiary alicyclic amines) is 1. The van der Waals surface area contributed by atoms with Gasteiger partial charge in [-0.15, -0.1) is 11.3 Å². The molecule has 2 aromatic rings. The van der Waals surface area contributed by atoms with Crippen molar-refractivity contribution < 1.29 is 14.7 Å². The van der Waals surface area contributed by atoms with Crippen LogP contribution in [-0.2, 0) is 4.79 Å². The van der Waals surface area contributed by atoms with Crippen molar-refractivity contribution in [1.29, 1.82) is 0 Å². The molecule has 0 bridgehead atoms. The first-order chi connectivity index (χ1) is 10.6. The van der Waals surface area contributed by atoms with E-state index in [1.54, 1.807) is 23.4 Å². The van der Waals surface area contributed by atoms with Gasteiger partial charge in [-0.3, -0.25) is 9.59 Å². The van der Waals surface area contributed by atoms with Gasteiger partial charge in [0.2, 0.25) is 0 Å². The number of piperidine rings is 1. The van der Waals surface area contributed by atoms with Crippen LogP contribution in [-0.4, -0.2) is 49.9 Å². The number of hydrogen-bond donors (Lipinski definition) is 1. The fourth-order valence-corrected chi connectivity index (χ4v) is 3.24. The van der Waals surface area contributed by atoms with Crippen LogP contribution in [0.2, 0.25) is 0 Å². The van der Waals surface area contributed by atoms with Crippen LogP contribution in [0.25, 0.3) is 10.8 Å². The molecule has 22 heavy (non-hydrogen) atoms. The monoisotopic (exact) mass is 318 g/mol. The Kier molecular flexibility index (Phi) is 4.10. The van der Waals surface area contributed by atoms with Crippen molar-refractivity contribution in [3.8, 4) is 10.8 Å². The molecule has 7 nitrogen and oxygen atoms in total. The zero-order valence-corrected chi connectivity index (χ0v) is 12.5. The highest BCUT2D eigenvalue weighted by Gasteiger charge is 2.29. The summed E-state index contributed by atoms with van der Waals surface area (Å²) in [6.45, 7) is 0.834. The van der Waals surface area contributed by atoms with Gasteiger partial charge in [0.25, 0.3) is 5.91 Å². The highest BCUT2D eigenvalue weighted by Crippen LogP contribution is 2.25. The third-order valence-electron chi connectivity index (χ3n) is 3.53. The predicted molar refractivity (Wildman–Crippen MR) is 79.4 cm³/mol. The van der Waals surface area contributed by atoms with Crippen LogP contribution in [0.5, 0.6) is 0 Å². The zero-order valence-electron chi connectivity index (χ0n) is 11.7. The van der Waals surface area contributed by atoms with E-state index in [0.717, 1.165) is 0 Å². The second-order valence-corrected chi connectivity index (χ2v) is 6.06. The van der Waals surface area contributed by atoms with E-state index in [9.17, 15) is 9.59 Å². The first-order valence-corrected chi connectivity index (χ1v) is 7.72. The second kappa shape index (κ2) is 6.18. The molecule has 3 rings (SSSR count). The van der Waals surface area contributed by atoms with Crippen molar-refractivity contribution in [3.05, 3.63) is 29.5 Å². The van der Waals surface area contributed by atoms with Gasteiger partial charge in [0.05, 0.1) is 12.1 Å². The minimum atomic E-state index is -0.847. The Morgan fingerprint density at radius 1 is 1.27 bits per heavy atom. The Bertz CT molecular complexity index is 688. The fourth-order valence-electron chi connectivity index (χ4n) is 2.40. The number of rotatable bonds is 3. The third kappa shape index (κ3) is 2.96. The zero-order chi connectivity index (χ0) is 15.5. The number of amides is 1. The molecule has 0 radical (unpaired) electrons. The van der Waals surface area contributed by atoms with E-state index in [0.29, 0.717) is 35.1 Å². The van der Waals surface area contributed by atoms with Crippen LogP contribution in [0.3, 0.4) is 0 Å². The quantitative estimate of drug-likeness (QED) is 0.922. The van der Waals surface area contributed by atoms with Crippen molar-refractivity contribution >= 4 is 23.2 Å². The Morgan fingerprint density at radius 3 is 2.77 bits per heavy atom. The van der Waals surface area contributed by atoms with Crippen molar-refractivity contribution in [3.63, 3.8) is 0 Å². The maximum absolute atomic E-state index is 12.5. The summed E-state index contributed by atoms with van der Waals surface area (Å²) in [5.41, 5.74) is 0. The maximum Gasteiger partial charge on any atom is 0.308 e. The number of carbonyl (C=O) groups excluding carboxylic acids is 1. The number of carboxylic acids is 1. The number of aromatic nitrogens is 3. The number of carbonyl (C=O) groups is 2. The molecule has 1 atom stereocenters. The summed E-state index contributed by atoms with van der Waals surface area (Å²) in [6, 6.07) is 1.71. The lowest BCUT2D eigenvalue weighted by Gasteiger charge is -2.30.